The van der Waals surface area contributed by atoms with Gasteiger partial charge in [0, 0.05) is 23.5 Å². The maximum Gasteiger partial charge on any atom is 0.257 e. The third-order valence-corrected chi connectivity index (χ3v) is 7.15. The summed E-state index contributed by atoms with van der Waals surface area (Å²) >= 11 is 1.50. The van der Waals surface area contributed by atoms with Crippen LogP contribution >= 0.6 is 11.3 Å². The zero-order valence-electron chi connectivity index (χ0n) is 14.8. The second-order valence-corrected chi connectivity index (χ2v) is 9.14. The van der Waals surface area contributed by atoms with E-state index in [4.69, 9.17) is 0 Å². The number of amides is 1. The number of carbonyl (C=O) groups is 1. The molecule has 142 valence electrons. The number of nitrogens with zero attached hydrogens (tertiary/aromatic N) is 2. The number of benzene rings is 1. The van der Waals surface area contributed by atoms with Crippen molar-refractivity contribution >= 4 is 32.4 Å². The van der Waals surface area contributed by atoms with Crippen molar-refractivity contribution in [3.8, 4) is 0 Å². The van der Waals surface area contributed by atoms with Crippen LogP contribution in [0.1, 0.15) is 27.3 Å². The Morgan fingerprint density at radius 2 is 1.85 bits per heavy atom. The monoisotopic (exact) mass is 403 g/mol. The predicted molar refractivity (Wildman–Crippen MR) is 108 cm³/mol. The third kappa shape index (κ3) is 4.18. The molecule has 3 rings (SSSR count). The quantitative estimate of drug-likeness (QED) is 0.686. The Kier molecular flexibility index (Phi) is 5.88. The van der Waals surface area contributed by atoms with Crippen molar-refractivity contribution in [3.63, 3.8) is 0 Å². The molecule has 0 bridgehead atoms. The van der Waals surface area contributed by atoms with Gasteiger partial charge in [0.25, 0.3) is 5.91 Å². The van der Waals surface area contributed by atoms with Crippen LogP contribution < -0.4 is 5.32 Å². The standard InChI is InChI=1S/C19H21N3O3S2/c1-3-12-22(13-4-2)27(24,25)15-10-8-14(9-11-15)18(23)21-19-20-16-6-5-7-17(16)26-19/h3-4,8-11H,1-2,5-7,12-13H2,(H,20,21,23). The minimum Gasteiger partial charge on any atom is -0.298 e. The SMILES string of the molecule is C=CCN(CC=C)S(=O)(=O)c1ccc(C(=O)Nc2nc3c(s2)CCC3)cc1. The van der Waals surface area contributed by atoms with Gasteiger partial charge in [0.15, 0.2) is 5.13 Å². The average Bonchev–Trinajstić information content (AvgIpc) is 3.23. The zero-order chi connectivity index (χ0) is 19.4. The summed E-state index contributed by atoms with van der Waals surface area (Å²) < 4.78 is 26.6. The fourth-order valence-electron chi connectivity index (χ4n) is 2.90. The van der Waals surface area contributed by atoms with E-state index in [0.717, 1.165) is 25.0 Å². The number of anilines is 1. The van der Waals surface area contributed by atoms with E-state index in [9.17, 15) is 13.2 Å². The number of hydrogen-bond acceptors (Lipinski definition) is 5. The van der Waals surface area contributed by atoms with Crippen LogP contribution in [0.25, 0.3) is 0 Å². The average molecular weight is 404 g/mol. The molecule has 0 radical (unpaired) electrons. The summed E-state index contributed by atoms with van der Waals surface area (Å²) in [6.07, 6.45) is 6.14. The lowest BCUT2D eigenvalue weighted by atomic mass is 10.2. The summed E-state index contributed by atoms with van der Waals surface area (Å²) in [5, 5.41) is 3.38. The van der Waals surface area contributed by atoms with Crippen molar-refractivity contribution in [2.75, 3.05) is 18.4 Å². The predicted octanol–water partition coefficient (Wildman–Crippen LogP) is 3.25. The highest BCUT2D eigenvalue weighted by Crippen LogP contribution is 2.30. The first-order valence-corrected chi connectivity index (χ1v) is 10.8. The third-order valence-electron chi connectivity index (χ3n) is 4.24. The van der Waals surface area contributed by atoms with Gasteiger partial charge in [-0.15, -0.1) is 24.5 Å². The molecule has 0 saturated heterocycles. The number of aryl methyl sites for hydroxylation is 2. The molecule has 0 aliphatic heterocycles. The lowest BCUT2D eigenvalue weighted by Gasteiger charge is -2.19. The van der Waals surface area contributed by atoms with Gasteiger partial charge < -0.3 is 0 Å². The molecular weight excluding hydrogens is 382 g/mol. The van der Waals surface area contributed by atoms with Crippen molar-refractivity contribution in [3.05, 3.63) is 65.7 Å². The topological polar surface area (TPSA) is 79.4 Å². The molecule has 8 heteroatoms. The van der Waals surface area contributed by atoms with Gasteiger partial charge in [-0.25, -0.2) is 13.4 Å². The molecule has 1 aliphatic rings. The Balaban J connectivity index is 1.74. The first kappa shape index (κ1) is 19.5. The first-order valence-electron chi connectivity index (χ1n) is 8.57. The summed E-state index contributed by atoms with van der Waals surface area (Å²) in [5.41, 5.74) is 1.45. The van der Waals surface area contributed by atoms with Crippen molar-refractivity contribution in [2.24, 2.45) is 0 Å². The first-order chi connectivity index (χ1) is 13.0. The van der Waals surface area contributed by atoms with Crippen LogP contribution in [-0.2, 0) is 22.9 Å². The second kappa shape index (κ2) is 8.16. The van der Waals surface area contributed by atoms with Gasteiger partial charge in [-0.3, -0.25) is 10.1 Å². The molecule has 6 nitrogen and oxygen atoms in total. The normalized spacial score (nSPS) is 13.4. The molecule has 1 N–H and O–H groups in total. The maximum absolute atomic E-state index is 12.7. The lowest BCUT2D eigenvalue weighted by Crippen LogP contribution is -2.31. The number of fused-ring (bicyclic) bond motifs is 1. The molecule has 0 atom stereocenters. The Morgan fingerprint density at radius 1 is 1.19 bits per heavy atom. The number of hydrogen-bond donors (Lipinski definition) is 1. The van der Waals surface area contributed by atoms with E-state index in [1.54, 1.807) is 0 Å². The summed E-state index contributed by atoms with van der Waals surface area (Å²) in [4.78, 5) is 18.2. The van der Waals surface area contributed by atoms with Gasteiger partial charge in [-0.05, 0) is 43.5 Å². The zero-order valence-corrected chi connectivity index (χ0v) is 16.5. The van der Waals surface area contributed by atoms with E-state index in [2.05, 4.69) is 23.5 Å². The van der Waals surface area contributed by atoms with Gasteiger partial charge in [-0.2, -0.15) is 4.31 Å². The van der Waals surface area contributed by atoms with Gasteiger partial charge in [-0.1, -0.05) is 12.2 Å². The van der Waals surface area contributed by atoms with Crippen molar-refractivity contribution < 1.29 is 13.2 Å². The van der Waals surface area contributed by atoms with Crippen LogP contribution in [0.4, 0.5) is 5.13 Å². The van der Waals surface area contributed by atoms with Crippen molar-refractivity contribution in [1.29, 1.82) is 0 Å². The van der Waals surface area contributed by atoms with E-state index in [0.29, 0.717) is 10.7 Å². The summed E-state index contributed by atoms with van der Waals surface area (Å²) in [6, 6.07) is 5.88. The van der Waals surface area contributed by atoms with E-state index >= 15 is 0 Å². The Bertz CT molecular complexity index is 931. The highest BCUT2D eigenvalue weighted by Gasteiger charge is 2.23. The smallest absolute Gasteiger partial charge is 0.257 e. The van der Waals surface area contributed by atoms with E-state index < -0.39 is 10.0 Å². The van der Waals surface area contributed by atoms with Crippen LogP contribution in [-0.4, -0.2) is 36.7 Å². The largest absolute Gasteiger partial charge is 0.298 e. The Morgan fingerprint density at radius 3 is 2.44 bits per heavy atom. The molecule has 1 amide bonds. The van der Waals surface area contributed by atoms with Gasteiger partial charge in [0.05, 0.1) is 10.6 Å². The van der Waals surface area contributed by atoms with Gasteiger partial charge in [0.1, 0.15) is 0 Å². The summed E-state index contributed by atoms with van der Waals surface area (Å²) in [7, 11) is -3.68. The summed E-state index contributed by atoms with van der Waals surface area (Å²) in [6.45, 7) is 7.55. The molecule has 1 heterocycles. The number of nitrogens with one attached hydrogen (secondary N) is 1. The lowest BCUT2D eigenvalue weighted by molar-refractivity contribution is 0.102. The van der Waals surface area contributed by atoms with Crippen LogP contribution in [0.5, 0.6) is 0 Å². The fourth-order valence-corrected chi connectivity index (χ4v) is 5.33. The number of rotatable bonds is 8. The molecule has 2 aromatic rings. The Hall–Kier alpha value is -2.29. The fraction of sp³-hybridized carbons (Fsp3) is 0.263. The number of aromatic nitrogens is 1. The van der Waals surface area contributed by atoms with E-state index in [1.807, 2.05) is 0 Å². The minimum atomic E-state index is -3.68. The van der Waals surface area contributed by atoms with Gasteiger partial charge in [0.2, 0.25) is 10.0 Å². The summed E-state index contributed by atoms with van der Waals surface area (Å²) in [5.74, 6) is -0.305. The maximum atomic E-state index is 12.7. The number of sulfonamides is 1. The van der Waals surface area contributed by atoms with E-state index in [1.165, 1.54) is 56.9 Å². The molecule has 0 spiro atoms. The molecule has 27 heavy (non-hydrogen) atoms. The molecular formula is C19H21N3O3S2. The Labute approximate surface area is 163 Å². The van der Waals surface area contributed by atoms with Crippen LogP contribution in [0.2, 0.25) is 0 Å². The highest BCUT2D eigenvalue weighted by atomic mass is 32.2. The molecule has 0 unspecified atom stereocenters. The number of carbonyl (C=O) groups excluding carboxylic acids is 1. The number of thiazole rings is 1. The van der Waals surface area contributed by atoms with E-state index in [-0.39, 0.29) is 23.9 Å². The van der Waals surface area contributed by atoms with Gasteiger partial charge >= 0.3 is 0 Å². The molecule has 0 fully saturated rings. The van der Waals surface area contributed by atoms with Crippen molar-refractivity contribution in [1.82, 2.24) is 9.29 Å². The van der Waals surface area contributed by atoms with Crippen LogP contribution in [0.3, 0.4) is 0 Å². The molecule has 1 aromatic carbocycles. The minimum absolute atomic E-state index is 0.121. The van der Waals surface area contributed by atoms with Crippen LogP contribution in [0.15, 0.2) is 54.5 Å². The van der Waals surface area contributed by atoms with Crippen LogP contribution in [0, 0.1) is 0 Å². The molecule has 0 saturated carbocycles. The second-order valence-electron chi connectivity index (χ2n) is 6.12. The van der Waals surface area contributed by atoms with Crippen molar-refractivity contribution in [2.45, 2.75) is 24.2 Å². The molecule has 1 aromatic heterocycles. The molecule has 1 aliphatic carbocycles. The highest BCUT2D eigenvalue weighted by molar-refractivity contribution is 7.89.